The number of hydrogen-bond donors (Lipinski definition) is 1. The van der Waals surface area contributed by atoms with E-state index in [1.54, 1.807) is 0 Å². The smallest absolute Gasteiger partial charge is 0.346 e. The summed E-state index contributed by atoms with van der Waals surface area (Å²) in [6.45, 7) is 7.23. The Bertz CT molecular complexity index is 310. The maximum Gasteiger partial charge on any atom is 0.346 e. The lowest BCUT2D eigenvalue weighted by Crippen LogP contribution is -2.49. The molecule has 18 heavy (non-hydrogen) atoms. The zero-order valence-corrected chi connectivity index (χ0v) is 12.3. The van der Waals surface area contributed by atoms with Crippen LogP contribution in [-0.2, 0) is 9.53 Å². The van der Waals surface area contributed by atoms with E-state index in [0.717, 1.165) is 18.6 Å². The maximum atomic E-state index is 11.8. The highest BCUT2D eigenvalue weighted by atomic mass is 32.2. The molecule has 104 valence electrons. The molecular weight excluding hydrogens is 248 g/mol. The zero-order chi connectivity index (χ0) is 13.3. The minimum absolute atomic E-state index is 0.159. The van der Waals surface area contributed by atoms with E-state index in [1.165, 1.54) is 18.2 Å². The summed E-state index contributed by atoms with van der Waals surface area (Å²) >= 11 is 1.51. The number of hydrogen-bond acceptors (Lipinski definition) is 3. The average Bonchev–Trinajstić information content (AvgIpc) is 2.78. The van der Waals surface area contributed by atoms with Crippen molar-refractivity contribution in [2.75, 3.05) is 12.4 Å². The Morgan fingerprint density at radius 3 is 2.67 bits per heavy atom. The van der Waals surface area contributed by atoms with Gasteiger partial charge in [0.2, 0.25) is 4.93 Å². The molecule has 1 aliphatic carbocycles. The van der Waals surface area contributed by atoms with E-state index in [1.807, 2.05) is 0 Å². The van der Waals surface area contributed by atoms with Crippen molar-refractivity contribution in [1.82, 2.24) is 0 Å². The lowest BCUT2D eigenvalue weighted by atomic mass is 9.67. The Morgan fingerprint density at radius 1 is 1.44 bits per heavy atom. The van der Waals surface area contributed by atoms with Crippen molar-refractivity contribution in [3.63, 3.8) is 0 Å². The molecule has 0 radical (unpaired) electrons. The summed E-state index contributed by atoms with van der Waals surface area (Å²) in [5.41, 5.74) is 0. The molecule has 1 heterocycles. The van der Waals surface area contributed by atoms with Crippen LogP contribution in [0.15, 0.2) is 0 Å². The molecule has 4 heteroatoms. The minimum Gasteiger partial charge on any atom is -0.478 e. The number of carboxylic acids is 1. The molecule has 0 bridgehead atoms. The van der Waals surface area contributed by atoms with E-state index < -0.39 is 10.9 Å². The van der Waals surface area contributed by atoms with Crippen LogP contribution in [-0.4, -0.2) is 28.4 Å². The van der Waals surface area contributed by atoms with Crippen LogP contribution in [0.4, 0.5) is 0 Å². The van der Waals surface area contributed by atoms with E-state index in [2.05, 4.69) is 20.8 Å². The van der Waals surface area contributed by atoms with E-state index in [4.69, 9.17) is 4.74 Å². The van der Waals surface area contributed by atoms with Gasteiger partial charge in [0.1, 0.15) is 0 Å². The number of carboxylic acid groups (broad SMARTS) is 1. The lowest BCUT2D eigenvalue weighted by molar-refractivity contribution is -0.161. The summed E-state index contributed by atoms with van der Waals surface area (Å²) in [6, 6.07) is 0. The number of rotatable bonds is 3. The number of carbonyl (C=O) groups is 1. The lowest BCUT2D eigenvalue weighted by Gasteiger charge is -2.44. The van der Waals surface area contributed by atoms with E-state index in [-0.39, 0.29) is 5.92 Å². The van der Waals surface area contributed by atoms with Gasteiger partial charge in [-0.2, -0.15) is 0 Å². The fourth-order valence-electron chi connectivity index (χ4n) is 3.56. The Kier molecular flexibility index (Phi) is 4.27. The van der Waals surface area contributed by atoms with Gasteiger partial charge in [0.15, 0.2) is 0 Å². The predicted molar refractivity (Wildman–Crippen MR) is 73.6 cm³/mol. The molecule has 2 rings (SSSR count). The van der Waals surface area contributed by atoms with Crippen LogP contribution in [0.3, 0.4) is 0 Å². The van der Waals surface area contributed by atoms with Gasteiger partial charge in [-0.1, -0.05) is 27.2 Å². The SMILES string of the molecule is CC(C)C1CC[C@H](C)CC1[C@@]1(C(=O)O)OCCS1. The molecule has 1 N–H and O–H groups in total. The van der Waals surface area contributed by atoms with Crippen molar-refractivity contribution in [2.24, 2.45) is 23.7 Å². The van der Waals surface area contributed by atoms with E-state index >= 15 is 0 Å². The van der Waals surface area contributed by atoms with Crippen LogP contribution >= 0.6 is 11.8 Å². The number of aliphatic carboxylic acids is 1. The summed E-state index contributed by atoms with van der Waals surface area (Å²) in [5, 5.41) is 9.66. The van der Waals surface area contributed by atoms with Crippen molar-refractivity contribution in [3.8, 4) is 0 Å². The molecule has 4 atom stereocenters. The molecule has 0 aromatic heterocycles. The number of ether oxygens (including phenoxy) is 1. The quantitative estimate of drug-likeness (QED) is 0.856. The highest BCUT2D eigenvalue weighted by molar-refractivity contribution is 8.01. The normalized spacial score (nSPS) is 41.2. The van der Waals surface area contributed by atoms with E-state index in [0.29, 0.717) is 24.4 Å². The van der Waals surface area contributed by atoms with Crippen molar-refractivity contribution in [3.05, 3.63) is 0 Å². The molecule has 2 fully saturated rings. The molecule has 2 aliphatic rings. The second-order valence-corrected chi connectivity index (χ2v) is 7.41. The molecule has 1 aliphatic heterocycles. The van der Waals surface area contributed by atoms with Gasteiger partial charge >= 0.3 is 5.97 Å². The van der Waals surface area contributed by atoms with Crippen LogP contribution in [0.1, 0.15) is 40.0 Å². The third-order valence-corrected chi connectivity index (χ3v) is 5.92. The monoisotopic (exact) mass is 272 g/mol. The maximum absolute atomic E-state index is 11.8. The third-order valence-electron chi connectivity index (χ3n) is 4.52. The molecule has 0 aromatic carbocycles. The van der Waals surface area contributed by atoms with Gasteiger partial charge in [-0.3, -0.25) is 0 Å². The Balaban J connectivity index is 2.27. The summed E-state index contributed by atoms with van der Waals surface area (Å²) < 4.78 is 5.73. The van der Waals surface area contributed by atoms with Gasteiger partial charge in [-0.05, 0) is 30.6 Å². The van der Waals surface area contributed by atoms with Crippen LogP contribution in [0.2, 0.25) is 0 Å². The van der Waals surface area contributed by atoms with Crippen molar-refractivity contribution in [1.29, 1.82) is 0 Å². The first-order chi connectivity index (χ1) is 8.47. The second kappa shape index (κ2) is 5.41. The Hall–Kier alpha value is -0.220. The van der Waals surface area contributed by atoms with Crippen LogP contribution in [0, 0.1) is 23.7 Å². The number of thioether (sulfide) groups is 1. The van der Waals surface area contributed by atoms with Gasteiger partial charge in [0, 0.05) is 11.7 Å². The van der Waals surface area contributed by atoms with Crippen molar-refractivity contribution in [2.45, 2.75) is 45.0 Å². The summed E-state index contributed by atoms with van der Waals surface area (Å²) in [5.74, 6) is 1.82. The Labute approximate surface area is 114 Å². The summed E-state index contributed by atoms with van der Waals surface area (Å²) in [4.78, 5) is 10.8. The van der Waals surface area contributed by atoms with Crippen molar-refractivity contribution >= 4 is 17.7 Å². The van der Waals surface area contributed by atoms with Gasteiger partial charge < -0.3 is 9.84 Å². The average molecular weight is 272 g/mol. The largest absolute Gasteiger partial charge is 0.478 e. The molecule has 2 unspecified atom stereocenters. The molecule has 0 aromatic rings. The first-order valence-electron chi connectivity index (χ1n) is 6.98. The Morgan fingerprint density at radius 2 is 2.17 bits per heavy atom. The minimum atomic E-state index is -0.969. The second-order valence-electron chi connectivity index (χ2n) is 6.10. The van der Waals surface area contributed by atoms with Gasteiger partial charge in [0.25, 0.3) is 0 Å². The van der Waals surface area contributed by atoms with E-state index in [9.17, 15) is 9.90 Å². The topological polar surface area (TPSA) is 46.5 Å². The van der Waals surface area contributed by atoms with Crippen LogP contribution in [0.5, 0.6) is 0 Å². The van der Waals surface area contributed by atoms with Gasteiger partial charge in [-0.25, -0.2) is 4.79 Å². The first-order valence-corrected chi connectivity index (χ1v) is 7.97. The highest BCUT2D eigenvalue weighted by Gasteiger charge is 2.54. The molecule has 0 amide bonds. The molecule has 1 saturated heterocycles. The zero-order valence-electron chi connectivity index (χ0n) is 11.5. The fourth-order valence-corrected chi connectivity index (χ4v) is 4.81. The fraction of sp³-hybridized carbons (Fsp3) is 0.929. The predicted octanol–water partition coefficient (Wildman–Crippen LogP) is 3.24. The highest BCUT2D eigenvalue weighted by Crippen LogP contribution is 2.51. The molecule has 1 saturated carbocycles. The van der Waals surface area contributed by atoms with Gasteiger partial charge in [-0.15, -0.1) is 11.8 Å². The molecule has 0 spiro atoms. The first kappa shape index (κ1) is 14.2. The molecule has 3 nitrogen and oxygen atoms in total. The summed E-state index contributed by atoms with van der Waals surface area (Å²) in [7, 11) is 0. The van der Waals surface area contributed by atoms with Gasteiger partial charge in [0.05, 0.1) is 6.61 Å². The third kappa shape index (κ3) is 2.42. The molecular formula is C14H24O3S. The van der Waals surface area contributed by atoms with Crippen LogP contribution in [0.25, 0.3) is 0 Å². The van der Waals surface area contributed by atoms with Crippen LogP contribution < -0.4 is 0 Å². The standard InChI is InChI=1S/C14H24O3S/c1-9(2)11-5-4-10(3)8-12(11)14(13(15)16)17-6-7-18-14/h9-12H,4-8H2,1-3H3,(H,15,16)/t10-,11?,12?,14+/m0/s1. The van der Waals surface area contributed by atoms with Crippen molar-refractivity contribution < 1.29 is 14.6 Å². The summed E-state index contributed by atoms with van der Waals surface area (Å²) in [6.07, 6.45) is 3.35.